The van der Waals surface area contributed by atoms with Crippen LogP contribution in [-0.2, 0) is 0 Å². The lowest BCUT2D eigenvalue weighted by Crippen LogP contribution is -2.41. The Kier molecular flexibility index (Phi) is 4.40. The lowest BCUT2D eigenvalue weighted by molar-refractivity contribution is 0.0901. The van der Waals surface area contributed by atoms with E-state index < -0.39 is 5.82 Å². The maximum atomic E-state index is 13.1. The van der Waals surface area contributed by atoms with Gasteiger partial charge in [-0.2, -0.15) is 0 Å². The lowest BCUT2D eigenvalue weighted by Gasteiger charge is -2.31. The van der Waals surface area contributed by atoms with Gasteiger partial charge in [0, 0.05) is 6.04 Å². The Morgan fingerprint density at radius 1 is 1.42 bits per heavy atom. The van der Waals surface area contributed by atoms with E-state index in [0.717, 1.165) is 37.8 Å². The zero-order valence-electron chi connectivity index (χ0n) is 11.2. The number of hydrogen-bond donors (Lipinski definition) is 2. The van der Waals surface area contributed by atoms with Gasteiger partial charge >= 0.3 is 0 Å². The molecule has 19 heavy (non-hydrogen) atoms. The molecule has 0 aliphatic heterocycles. The van der Waals surface area contributed by atoms with E-state index in [1.807, 2.05) is 0 Å². The van der Waals surface area contributed by atoms with E-state index in [0.29, 0.717) is 5.92 Å². The van der Waals surface area contributed by atoms with Crippen molar-refractivity contribution in [1.82, 2.24) is 5.32 Å². The fraction of sp³-hybridized carbons (Fsp3) is 0.533. The minimum absolute atomic E-state index is 0.0143. The summed E-state index contributed by atoms with van der Waals surface area (Å²) in [4.78, 5) is 12.1. The van der Waals surface area contributed by atoms with Gasteiger partial charge in [-0.3, -0.25) is 4.79 Å². The van der Waals surface area contributed by atoms with Crippen LogP contribution in [0.2, 0.25) is 0 Å². The highest BCUT2D eigenvalue weighted by molar-refractivity contribution is 5.97. The van der Waals surface area contributed by atoms with Crippen molar-refractivity contribution in [3.8, 4) is 5.75 Å². The molecular weight excluding hydrogens is 245 g/mol. The molecule has 1 fully saturated rings. The van der Waals surface area contributed by atoms with Crippen molar-refractivity contribution in [2.24, 2.45) is 5.92 Å². The summed E-state index contributed by atoms with van der Waals surface area (Å²) in [6.07, 6.45) is 5.42. The molecule has 0 spiro atoms. The van der Waals surface area contributed by atoms with Crippen molar-refractivity contribution in [2.45, 2.75) is 45.1 Å². The molecule has 2 N–H and O–H groups in total. The average Bonchev–Trinajstić information content (AvgIpc) is 2.42. The Morgan fingerprint density at radius 3 is 2.89 bits per heavy atom. The van der Waals surface area contributed by atoms with E-state index in [2.05, 4.69) is 12.2 Å². The summed E-state index contributed by atoms with van der Waals surface area (Å²) in [6.45, 7) is 2.12. The second-order valence-corrected chi connectivity index (χ2v) is 5.19. The van der Waals surface area contributed by atoms with E-state index in [1.165, 1.54) is 12.5 Å². The van der Waals surface area contributed by atoms with Crippen LogP contribution >= 0.6 is 0 Å². The number of phenolic OH excluding ortho intramolecular Hbond substituents is 1. The first-order valence-corrected chi connectivity index (χ1v) is 6.91. The lowest BCUT2D eigenvalue weighted by atomic mass is 9.83. The van der Waals surface area contributed by atoms with Crippen LogP contribution < -0.4 is 5.32 Å². The number of hydrogen-bond acceptors (Lipinski definition) is 2. The van der Waals surface area contributed by atoms with Gasteiger partial charge in [0.05, 0.1) is 5.56 Å². The molecule has 2 atom stereocenters. The van der Waals surface area contributed by atoms with Crippen molar-refractivity contribution in [2.75, 3.05) is 0 Å². The van der Waals surface area contributed by atoms with Gasteiger partial charge in [-0.05, 0) is 37.0 Å². The zero-order valence-corrected chi connectivity index (χ0v) is 11.2. The van der Waals surface area contributed by atoms with Crippen molar-refractivity contribution >= 4 is 5.91 Å². The second kappa shape index (κ2) is 6.04. The molecule has 3 nitrogen and oxygen atoms in total. The minimum Gasteiger partial charge on any atom is -0.507 e. The molecular formula is C15H20FNO2. The third-order valence-corrected chi connectivity index (χ3v) is 3.95. The van der Waals surface area contributed by atoms with Crippen LogP contribution in [0.15, 0.2) is 18.2 Å². The van der Waals surface area contributed by atoms with Crippen LogP contribution in [0.1, 0.15) is 49.4 Å². The SMILES string of the molecule is CCC1CCCCC1NC(=O)c1cc(F)ccc1O. The van der Waals surface area contributed by atoms with Crippen LogP contribution in [0.3, 0.4) is 0 Å². The highest BCUT2D eigenvalue weighted by Crippen LogP contribution is 2.27. The minimum atomic E-state index is -0.515. The van der Waals surface area contributed by atoms with Crippen LogP contribution in [0.4, 0.5) is 4.39 Å². The molecule has 0 aromatic heterocycles. The fourth-order valence-corrected chi connectivity index (χ4v) is 2.82. The van der Waals surface area contributed by atoms with Crippen molar-refractivity contribution in [1.29, 1.82) is 0 Å². The Bertz CT molecular complexity index is 461. The first-order chi connectivity index (χ1) is 9.11. The molecule has 0 saturated heterocycles. The standard InChI is InChI=1S/C15H20FNO2/c1-2-10-5-3-4-6-13(10)17-15(19)12-9-11(16)7-8-14(12)18/h7-10,13,18H,2-6H2,1H3,(H,17,19). The van der Waals surface area contributed by atoms with E-state index in [1.54, 1.807) is 0 Å². The van der Waals surface area contributed by atoms with E-state index in [4.69, 9.17) is 0 Å². The molecule has 0 bridgehead atoms. The molecule has 1 amide bonds. The number of amides is 1. The summed E-state index contributed by atoms with van der Waals surface area (Å²) in [7, 11) is 0. The predicted octanol–water partition coefficient (Wildman–Crippen LogP) is 3.23. The number of aromatic hydroxyl groups is 1. The summed E-state index contributed by atoms with van der Waals surface area (Å²) < 4.78 is 13.1. The number of phenols is 1. The molecule has 1 aliphatic rings. The van der Waals surface area contributed by atoms with Crippen molar-refractivity contribution in [3.05, 3.63) is 29.6 Å². The van der Waals surface area contributed by atoms with Gasteiger partial charge in [-0.15, -0.1) is 0 Å². The molecule has 2 unspecified atom stereocenters. The molecule has 2 rings (SSSR count). The zero-order chi connectivity index (χ0) is 13.8. The summed E-state index contributed by atoms with van der Waals surface area (Å²) in [6, 6.07) is 3.56. The van der Waals surface area contributed by atoms with Gasteiger partial charge in [0.15, 0.2) is 0 Å². The maximum Gasteiger partial charge on any atom is 0.255 e. The van der Waals surface area contributed by atoms with Crippen LogP contribution in [0.5, 0.6) is 5.75 Å². The van der Waals surface area contributed by atoms with Gasteiger partial charge < -0.3 is 10.4 Å². The molecule has 0 radical (unpaired) electrons. The largest absolute Gasteiger partial charge is 0.507 e. The number of rotatable bonds is 3. The van der Waals surface area contributed by atoms with E-state index in [-0.39, 0.29) is 23.3 Å². The second-order valence-electron chi connectivity index (χ2n) is 5.19. The first-order valence-electron chi connectivity index (χ1n) is 6.91. The Balaban J connectivity index is 2.09. The third-order valence-electron chi connectivity index (χ3n) is 3.95. The molecule has 1 aliphatic carbocycles. The Morgan fingerprint density at radius 2 is 2.16 bits per heavy atom. The first kappa shape index (κ1) is 13.8. The van der Waals surface area contributed by atoms with Gasteiger partial charge in [0.25, 0.3) is 5.91 Å². The quantitative estimate of drug-likeness (QED) is 0.881. The average molecular weight is 265 g/mol. The number of nitrogens with one attached hydrogen (secondary N) is 1. The summed E-state index contributed by atoms with van der Waals surface area (Å²) in [5, 5.41) is 12.6. The topological polar surface area (TPSA) is 49.3 Å². The smallest absolute Gasteiger partial charge is 0.255 e. The van der Waals surface area contributed by atoms with Crippen LogP contribution in [0, 0.1) is 11.7 Å². The van der Waals surface area contributed by atoms with Gasteiger partial charge in [-0.1, -0.05) is 26.2 Å². The summed E-state index contributed by atoms with van der Waals surface area (Å²) in [5.74, 6) is -0.600. The molecule has 0 heterocycles. The van der Waals surface area contributed by atoms with Crippen LogP contribution in [0.25, 0.3) is 0 Å². The van der Waals surface area contributed by atoms with Gasteiger partial charge in [0.2, 0.25) is 0 Å². The molecule has 1 aromatic rings. The third kappa shape index (κ3) is 3.25. The number of benzene rings is 1. The summed E-state index contributed by atoms with van der Waals surface area (Å²) >= 11 is 0. The number of carbonyl (C=O) groups excluding carboxylic acids is 1. The van der Waals surface area contributed by atoms with E-state index >= 15 is 0 Å². The summed E-state index contributed by atoms with van der Waals surface area (Å²) in [5.41, 5.74) is 0.0143. The maximum absolute atomic E-state index is 13.1. The van der Waals surface area contributed by atoms with Crippen molar-refractivity contribution in [3.63, 3.8) is 0 Å². The van der Waals surface area contributed by atoms with Gasteiger partial charge in [0.1, 0.15) is 11.6 Å². The normalized spacial score (nSPS) is 23.1. The van der Waals surface area contributed by atoms with Crippen LogP contribution in [-0.4, -0.2) is 17.1 Å². The molecule has 1 aromatic carbocycles. The van der Waals surface area contributed by atoms with E-state index in [9.17, 15) is 14.3 Å². The van der Waals surface area contributed by atoms with Gasteiger partial charge in [-0.25, -0.2) is 4.39 Å². The number of halogens is 1. The van der Waals surface area contributed by atoms with Crippen molar-refractivity contribution < 1.29 is 14.3 Å². The highest BCUT2D eigenvalue weighted by Gasteiger charge is 2.26. The monoisotopic (exact) mass is 265 g/mol. The Hall–Kier alpha value is -1.58. The highest BCUT2D eigenvalue weighted by atomic mass is 19.1. The molecule has 1 saturated carbocycles. The Labute approximate surface area is 112 Å². The number of carbonyl (C=O) groups is 1. The molecule has 104 valence electrons. The molecule has 4 heteroatoms. The fourth-order valence-electron chi connectivity index (χ4n) is 2.82. The predicted molar refractivity (Wildman–Crippen MR) is 71.6 cm³/mol.